The topological polar surface area (TPSA) is 131 Å². The Labute approximate surface area is 177 Å². The third-order valence-corrected chi connectivity index (χ3v) is 7.04. The first-order valence-corrected chi connectivity index (χ1v) is 11.2. The minimum absolute atomic E-state index is 0.0734. The lowest BCUT2D eigenvalue weighted by atomic mass is 9.66. The van der Waals surface area contributed by atoms with E-state index in [0.717, 1.165) is 0 Å². The van der Waals surface area contributed by atoms with Gasteiger partial charge < -0.3 is 14.2 Å². The quantitative estimate of drug-likeness (QED) is 0.604. The number of benzene rings is 1. The highest BCUT2D eigenvalue weighted by Crippen LogP contribution is 2.49. The van der Waals surface area contributed by atoms with Crippen molar-refractivity contribution in [2.75, 3.05) is 17.7 Å². The number of rotatable bonds is 1. The van der Waals surface area contributed by atoms with Gasteiger partial charge in [-0.3, -0.25) is 24.4 Å². The molecule has 4 atom stereocenters. The predicted molar refractivity (Wildman–Crippen MR) is 105 cm³/mol. The minimum Gasteiger partial charge on any atom is -0.372 e. The molecule has 1 aromatic heterocycles. The fraction of sp³-hybridized carbons (Fsp3) is 0.474. The maximum atomic E-state index is 15.7. The Kier molecular flexibility index (Phi) is 4.25. The van der Waals surface area contributed by atoms with Crippen LogP contribution in [-0.4, -0.2) is 58.3 Å². The molecule has 12 heteroatoms. The van der Waals surface area contributed by atoms with E-state index < -0.39 is 52.0 Å². The van der Waals surface area contributed by atoms with Gasteiger partial charge in [-0.15, -0.1) is 0 Å². The van der Waals surface area contributed by atoms with Crippen LogP contribution >= 0.6 is 0 Å². The van der Waals surface area contributed by atoms with Gasteiger partial charge in [0.2, 0.25) is 17.4 Å². The lowest BCUT2D eigenvalue weighted by Gasteiger charge is -2.55. The van der Waals surface area contributed by atoms with Crippen molar-refractivity contribution >= 4 is 45.3 Å². The summed E-state index contributed by atoms with van der Waals surface area (Å²) in [5, 5.41) is 8.39. The normalized spacial score (nSPS) is 28.2. The summed E-state index contributed by atoms with van der Waals surface area (Å²) >= 11 is 0. The zero-order valence-electron chi connectivity index (χ0n) is 16.9. The molecule has 2 aromatic rings. The van der Waals surface area contributed by atoms with Crippen molar-refractivity contribution in [1.82, 2.24) is 15.8 Å². The number of barbiturate groups is 1. The number of morpholine rings is 1. The molecule has 1 spiro atoms. The first-order chi connectivity index (χ1) is 14.6. The number of amides is 4. The molecule has 0 aliphatic carbocycles. The Bertz CT molecular complexity index is 1180. The summed E-state index contributed by atoms with van der Waals surface area (Å²) in [7, 11) is -1.54. The number of anilines is 1. The van der Waals surface area contributed by atoms with Gasteiger partial charge in [-0.25, -0.2) is 9.18 Å². The highest BCUT2D eigenvalue weighted by molar-refractivity contribution is 7.84. The van der Waals surface area contributed by atoms with Gasteiger partial charge in [0.15, 0.2) is 16.3 Å². The lowest BCUT2D eigenvalue weighted by molar-refractivity contribution is -0.153. The van der Waals surface area contributed by atoms with Crippen molar-refractivity contribution in [3.8, 4) is 0 Å². The van der Waals surface area contributed by atoms with Crippen LogP contribution in [0.25, 0.3) is 11.0 Å². The molecule has 164 valence electrons. The van der Waals surface area contributed by atoms with Gasteiger partial charge in [0.1, 0.15) is 0 Å². The molecule has 10 nitrogen and oxygen atoms in total. The van der Waals surface area contributed by atoms with Crippen LogP contribution in [0.5, 0.6) is 0 Å². The Morgan fingerprint density at radius 2 is 1.94 bits per heavy atom. The van der Waals surface area contributed by atoms with E-state index in [1.165, 1.54) is 6.26 Å². The van der Waals surface area contributed by atoms with Gasteiger partial charge in [0, 0.05) is 19.2 Å². The SMILES string of the molecule is CC1CN2c3c(cc4c(S(C)=O)noc4c3F)CC3(C(=O)NC(=O)NC3=O)C2C(C)O1. The van der Waals surface area contributed by atoms with Crippen molar-refractivity contribution in [2.45, 2.75) is 43.5 Å². The molecule has 31 heavy (non-hydrogen) atoms. The summed E-state index contributed by atoms with van der Waals surface area (Å²) in [6.07, 6.45) is 0.287. The average Bonchev–Trinajstić information content (AvgIpc) is 3.09. The van der Waals surface area contributed by atoms with E-state index in [4.69, 9.17) is 9.26 Å². The van der Waals surface area contributed by atoms with E-state index in [1.807, 2.05) is 0 Å². The predicted octanol–water partition coefficient (Wildman–Crippen LogP) is 0.595. The Balaban J connectivity index is 1.80. The largest absolute Gasteiger partial charge is 0.372 e. The molecule has 5 rings (SSSR count). The number of carbonyl (C=O) groups is 3. The molecule has 3 aliphatic rings. The lowest BCUT2D eigenvalue weighted by Crippen LogP contribution is -2.75. The van der Waals surface area contributed by atoms with Crippen LogP contribution in [0, 0.1) is 11.2 Å². The number of hydrogen-bond acceptors (Lipinski definition) is 8. The average molecular weight is 450 g/mol. The number of hydrogen-bond donors (Lipinski definition) is 2. The van der Waals surface area contributed by atoms with Crippen LogP contribution in [0.3, 0.4) is 0 Å². The molecule has 1 aromatic carbocycles. The Morgan fingerprint density at radius 3 is 2.58 bits per heavy atom. The fourth-order valence-electron chi connectivity index (χ4n) is 5.13. The minimum atomic E-state index is -1.72. The summed E-state index contributed by atoms with van der Waals surface area (Å²) in [6, 6.07) is -0.209. The van der Waals surface area contributed by atoms with Crippen molar-refractivity contribution in [1.29, 1.82) is 0 Å². The zero-order chi connectivity index (χ0) is 22.2. The van der Waals surface area contributed by atoms with Crippen molar-refractivity contribution in [3.05, 3.63) is 17.4 Å². The molecule has 2 saturated heterocycles. The molecule has 0 saturated carbocycles. The number of ether oxygens (including phenoxy) is 1. The van der Waals surface area contributed by atoms with Crippen LogP contribution in [0.1, 0.15) is 19.4 Å². The van der Waals surface area contributed by atoms with Crippen LogP contribution in [0.2, 0.25) is 0 Å². The van der Waals surface area contributed by atoms with Gasteiger partial charge in [0.05, 0.1) is 40.1 Å². The van der Waals surface area contributed by atoms with Crippen molar-refractivity contribution in [3.63, 3.8) is 0 Å². The molecule has 0 bridgehead atoms. The molecule has 3 aliphatic heterocycles. The number of aromatic nitrogens is 1. The maximum Gasteiger partial charge on any atom is 0.328 e. The van der Waals surface area contributed by atoms with E-state index in [1.54, 1.807) is 24.8 Å². The first-order valence-electron chi connectivity index (χ1n) is 9.68. The number of fused-ring (bicyclic) bond motifs is 5. The summed E-state index contributed by atoms with van der Waals surface area (Å²) in [4.78, 5) is 39.6. The molecule has 4 unspecified atom stereocenters. The van der Waals surface area contributed by atoms with E-state index >= 15 is 4.39 Å². The highest BCUT2D eigenvalue weighted by Gasteiger charge is 2.63. The van der Waals surface area contributed by atoms with Crippen LogP contribution in [0.15, 0.2) is 15.6 Å². The number of urea groups is 1. The van der Waals surface area contributed by atoms with E-state index in [2.05, 4.69) is 15.8 Å². The monoisotopic (exact) mass is 450 g/mol. The summed E-state index contributed by atoms with van der Waals surface area (Å²) in [5.41, 5.74) is -1.31. The molecular weight excluding hydrogens is 431 g/mol. The Morgan fingerprint density at radius 1 is 1.26 bits per heavy atom. The van der Waals surface area contributed by atoms with Gasteiger partial charge in [-0.05, 0) is 25.5 Å². The summed E-state index contributed by atoms with van der Waals surface area (Å²) in [6.45, 7) is 3.73. The van der Waals surface area contributed by atoms with E-state index in [-0.39, 0.29) is 40.8 Å². The first kappa shape index (κ1) is 20.1. The van der Waals surface area contributed by atoms with Crippen LogP contribution in [0.4, 0.5) is 14.9 Å². The molecule has 2 N–H and O–H groups in total. The number of halogens is 1. The van der Waals surface area contributed by atoms with Gasteiger partial charge in [-0.2, -0.15) is 0 Å². The number of nitrogens with zero attached hydrogens (tertiary/aromatic N) is 2. The van der Waals surface area contributed by atoms with Crippen molar-refractivity contribution < 1.29 is 32.2 Å². The number of imide groups is 2. The van der Waals surface area contributed by atoms with Crippen LogP contribution in [-0.2, 0) is 31.5 Å². The smallest absolute Gasteiger partial charge is 0.328 e. The number of nitrogens with one attached hydrogen (secondary N) is 2. The second-order valence-electron chi connectivity index (χ2n) is 8.15. The van der Waals surface area contributed by atoms with Gasteiger partial charge in [-0.1, -0.05) is 5.16 Å². The van der Waals surface area contributed by atoms with Crippen molar-refractivity contribution in [2.24, 2.45) is 5.41 Å². The second-order valence-corrected chi connectivity index (χ2v) is 9.45. The highest BCUT2D eigenvalue weighted by atomic mass is 32.2. The third-order valence-electron chi connectivity index (χ3n) is 6.20. The van der Waals surface area contributed by atoms with Gasteiger partial charge in [0.25, 0.3) is 0 Å². The molecule has 2 fully saturated rings. The molecule has 0 radical (unpaired) electrons. The standard InChI is InChI=1S/C19H19FN4O6S/c1-7-6-24-12-9(4-10-13(11(12)20)30-23-15(10)31(3)28)5-19(14(24)8(2)29-7)16(25)21-18(27)22-17(19)26/h4,7-8,14H,5-6H2,1-3H3,(H2,21,22,25,26,27). The Hall–Kier alpha value is -2.86. The summed E-state index contributed by atoms with van der Waals surface area (Å²) < 4.78 is 38.8. The second kappa shape index (κ2) is 6.57. The van der Waals surface area contributed by atoms with Gasteiger partial charge >= 0.3 is 6.03 Å². The van der Waals surface area contributed by atoms with Crippen LogP contribution < -0.4 is 15.5 Å². The fourth-order valence-corrected chi connectivity index (χ4v) is 5.74. The van der Waals surface area contributed by atoms with E-state index in [9.17, 15) is 18.6 Å². The van der Waals surface area contributed by atoms with E-state index in [0.29, 0.717) is 5.56 Å². The molecule has 4 heterocycles. The third kappa shape index (κ3) is 2.61. The molecule has 4 amide bonds. The molecular formula is C19H19FN4O6S. The zero-order valence-corrected chi connectivity index (χ0v) is 17.7. The number of carbonyl (C=O) groups excluding carboxylic acids is 3. The summed E-state index contributed by atoms with van der Waals surface area (Å²) in [5.74, 6) is -2.24. The maximum absolute atomic E-state index is 15.7.